The van der Waals surface area contributed by atoms with Gasteiger partial charge in [-0.3, -0.25) is 4.79 Å². The second-order valence-electron chi connectivity index (χ2n) is 6.60. The van der Waals surface area contributed by atoms with Gasteiger partial charge in [-0.15, -0.1) is 23.7 Å². The average Bonchev–Trinajstić information content (AvgIpc) is 3.31. The van der Waals surface area contributed by atoms with E-state index in [4.69, 9.17) is 0 Å². The molecule has 0 bridgehead atoms. The number of nitrogens with one attached hydrogen (secondary N) is 1. The van der Waals surface area contributed by atoms with Gasteiger partial charge in [0.1, 0.15) is 0 Å². The maximum Gasteiger partial charge on any atom is 0.223 e. The lowest BCUT2D eigenvalue weighted by Crippen LogP contribution is -2.33. The molecule has 25 heavy (non-hydrogen) atoms. The zero-order valence-electron chi connectivity index (χ0n) is 14.7. The highest BCUT2D eigenvalue weighted by Gasteiger charge is 2.24. The standard InChI is InChI=1S/C20H26N2OS.ClH/c1-16(19-8-5-13-24-19)22(15-18-6-3-2-4-7-18)20(23)10-9-17-11-12-21-14-17;/h2-8,13,16-17,21H,9-12,14-15H2,1H3;1H. The van der Waals surface area contributed by atoms with Gasteiger partial charge < -0.3 is 10.2 Å². The molecule has 2 unspecified atom stereocenters. The van der Waals surface area contributed by atoms with Crippen molar-refractivity contribution < 1.29 is 4.79 Å². The average molecular weight is 379 g/mol. The lowest BCUT2D eigenvalue weighted by atomic mass is 10.0. The fourth-order valence-electron chi connectivity index (χ4n) is 3.34. The van der Waals surface area contributed by atoms with Crippen molar-refractivity contribution in [2.24, 2.45) is 5.92 Å². The van der Waals surface area contributed by atoms with E-state index in [0.717, 1.165) is 19.5 Å². The van der Waals surface area contributed by atoms with Gasteiger partial charge >= 0.3 is 0 Å². The number of thiophene rings is 1. The first-order valence-electron chi connectivity index (χ1n) is 8.81. The molecule has 2 aromatic rings. The van der Waals surface area contributed by atoms with Gasteiger partial charge in [0.05, 0.1) is 6.04 Å². The molecule has 0 aliphatic carbocycles. The summed E-state index contributed by atoms with van der Waals surface area (Å²) in [5.41, 5.74) is 1.19. The van der Waals surface area contributed by atoms with E-state index in [9.17, 15) is 4.79 Å². The molecule has 1 N–H and O–H groups in total. The van der Waals surface area contributed by atoms with Crippen LogP contribution in [0.1, 0.15) is 42.7 Å². The van der Waals surface area contributed by atoms with Crippen molar-refractivity contribution in [3.63, 3.8) is 0 Å². The second-order valence-corrected chi connectivity index (χ2v) is 7.58. The molecule has 2 atom stereocenters. The Labute approximate surface area is 160 Å². The molecular weight excluding hydrogens is 352 g/mol. The topological polar surface area (TPSA) is 32.3 Å². The van der Waals surface area contributed by atoms with Crippen molar-refractivity contribution in [2.45, 2.75) is 38.8 Å². The van der Waals surface area contributed by atoms with Crippen LogP contribution >= 0.6 is 23.7 Å². The maximum absolute atomic E-state index is 13.0. The molecule has 0 radical (unpaired) electrons. The first-order valence-corrected chi connectivity index (χ1v) is 9.69. The molecule has 1 aliphatic rings. The number of carbonyl (C=O) groups is 1. The van der Waals surface area contributed by atoms with Gasteiger partial charge in [-0.2, -0.15) is 0 Å². The Morgan fingerprint density at radius 2 is 2.08 bits per heavy atom. The predicted molar refractivity (Wildman–Crippen MR) is 107 cm³/mol. The largest absolute Gasteiger partial charge is 0.331 e. The Balaban J connectivity index is 0.00000225. The normalized spacial score (nSPS) is 17.7. The van der Waals surface area contributed by atoms with Gasteiger partial charge in [0.15, 0.2) is 0 Å². The van der Waals surface area contributed by atoms with Crippen LogP contribution in [0.15, 0.2) is 47.8 Å². The molecule has 0 spiro atoms. The van der Waals surface area contributed by atoms with Crippen LogP contribution < -0.4 is 5.32 Å². The van der Waals surface area contributed by atoms with Crippen LogP contribution in [0.5, 0.6) is 0 Å². The number of benzene rings is 1. The summed E-state index contributed by atoms with van der Waals surface area (Å²) in [6.45, 7) is 4.98. The summed E-state index contributed by atoms with van der Waals surface area (Å²) >= 11 is 1.73. The van der Waals surface area contributed by atoms with Crippen molar-refractivity contribution in [1.29, 1.82) is 0 Å². The molecule has 1 fully saturated rings. The summed E-state index contributed by atoms with van der Waals surface area (Å²) < 4.78 is 0. The van der Waals surface area contributed by atoms with Gasteiger partial charge in [0.25, 0.3) is 0 Å². The van der Waals surface area contributed by atoms with Gasteiger partial charge in [-0.25, -0.2) is 0 Å². The van der Waals surface area contributed by atoms with Crippen LogP contribution in [0.25, 0.3) is 0 Å². The van der Waals surface area contributed by atoms with Crippen LogP contribution in [0.2, 0.25) is 0 Å². The molecule has 5 heteroatoms. The van der Waals surface area contributed by atoms with Crippen LogP contribution in [0.4, 0.5) is 0 Å². The van der Waals surface area contributed by atoms with Crippen LogP contribution in [0.3, 0.4) is 0 Å². The van der Waals surface area contributed by atoms with Crippen molar-refractivity contribution in [3.8, 4) is 0 Å². The number of nitrogens with zero attached hydrogens (tertiary/aromatic N) is 1. The van der Waals surface area contributed by atoms with Gasteiger partial charge in [0.2, 0.25) is 5.91 Å². The quantitative estimate of drug-likeness (QED) is 0.760. The molecular formula is C20H27ClN2OS. The van der Waals surface area contributed by atoms with Crippen LogP contribution in [-0.2, 0) is 11.3 Å². The zero-order valence-corrected chi connectivity index (χ0v) is 16.3. The Kier molecular flexibility index (Phi) is 7.94. The first-order chi connectivity index (χ1) is 11.7. The third-order valence-corrected chi connectivity index (χ3v) is 5.91. The number of hydrogen-bond acceptors (Lipinski definition) is 3. The van der Waals surface area contributed by atoms with E-state index in [0.29, 0.717) is 18.9 Å². The number of carbonyl (C=O) groups excluding carboxylic acids is 1. The summed E-state index contributed by atoms with van der Waals surface area (Å²) in [5.74, 6) is 0.927. The van der Waals surface area contributed by atoms with Crippen molar-refractivity contribution in [2.75, 3.05) is 13.1 Å². The lowest BCUT2D eigenvalue weighted by molar-refractivity contribution is -0.134. The number of rotatable bonds is 7. The van der Waals surface area contributed by atoms with E-state index in [1.165, 1.54) is 16.9 Å². The minimum atomic E-state index is 0. The Morgan fingerprint density at radius 3 is 2.72 bits per heavy atom. The number of hydrogen-bond donors (Lipinski definition) is 1. The van der Waals surface area contributed by atoms with Crippen molar-refractivity contribution in [1.82, 2.24) is 10.2 Å². The SMILES string of the molecule is CC(c1cccs1)N(Cc1ccccc1)C(=O)CCC1CCNC1.Cl. The summed E-state index contributed by atoms with van der Waals surface area (Å²) in [7, 11) is 0. The third-order valence-electron chi connectivity index (χ3n) is 4.87. The van der Waals surface area contributed by atoms with E-state index in [2.05, 4.69) is 41.9 Å². The van der Waals surface area contributed by atoms with Crippen LogP contribution in [-0.4, -0.2) is 23.9 Å². The molecule has 1 amide bonds. The first kappa shape index (κ1) is 20.0. The van der Waals surface area contributed by atoms with Crippen molar-refractivity contribution >= 4 is 29.7 Å². The van der Waals surface area contributed by atoms with Crippen LogP contribution in [0, 0.1) is 5.92 Å². The Morgan fingerprint density at radius 1 is 1.28 bits per heavy atom. The van der Waals surface area contributed by atoms with E-state index in [-0.39, 0.29) is 24.4 Å². The smallest absolute Gasteiger partial charge is 0.223 e. The van der Waals surface area contributed by atoms with Gasteiger partial charge in [-0.05, 0) is 55.8 Å². The van der Waals surface area contributed by atoms with Gasteiger partial charge in [0, 0.05) is 17.8 Å². The number of amides is 1. The highest BCUT2D eigenvalue weighted by Crippen LogP contribution is 2.28. The molecule has 3 nitrogen and oxygen atoms in total. The molecule has 0 saturated carbocycles. The van der Waals surface area contributed by atoms with Crippen molar-refractivity contribution in [3.05, 3.63) is 58.3 Å². The molecule has 1 saturated heterocycles. The maximum atomic E-state index is 13.0. The summed E-state index contributed by atoms with van der Waals surface area (Å²) in [6, 6.07) is 14.6. The summed E-state index contributed by atoms with van der Waals surface area (Å²) in [4.78, 5) is 16.2. The molecule has 1 aromatic heterocycles. The predicted octanol–water partition coefficient (Wildman–Crippen LogP) is 4.65. The summed E-state index contributed by atoms with van der Waals surface area (Å²) in [5, 5.41) is 5.47. The van der Waals surface area contributed by atoms with E-state index in [1.807, 2.05) is 23.1 Å². The fraction of sp³-hybridized carbons (Fsp3) is 0.450. The molecule has 2 heterocycles. The minimum Gasteiger partial charge on any atom is -0.331 e. The lowest BCUT2D eigenvalue weighted by Gasteiger charge is -2.29. The highest BCUT2D eigenvalue weighted by atomic mass is 35.5. The van der Waals surface area contributed by atoms with E-state index >= 15 is 0 Å². The zero-order chi connectivity index (χ0) is 16.8. The van der Waals surface area contributed by atoms with Gasteiger partial charge in [-0.1, -0.05) is 36.4 Å². The van der Waals surface area contributed by atoms with E-state index < -0.39 is 0 Å². The molecule has 1 aliphatic heterocycles. The highest BCUT2D eigenvalue weighted by molar-refractivity contribution is 7.10. The fourth-order valence-corrected chi connectivity index (χ4v) is 4.13. The Bertz CT molecular complexity index is 626. The molecule has 136 valence electrons. The van der Waals surface area contributed by atoms with E-state index in [1.54, 1.807) is 11.3 Å². The molecule has 1 aromatic carbocycles. The Hall–Kier alpha value is -1.36. The minimum absolute atomic E-state index is 0. The third kappa shape index (κ3) is 5.56. The number of halogens is 1. The summed E-state index contributed by atoms with van der Waals surface area (Å²) in [6.07, 6.45) is 2.84. The monoisotopic (exact) mass is 378 g/mol. The second kappa shape index (κ2) is 9.95. The molecule has 3 rings (SSSR count).